The van der Waals surface area contributed by atoms with Crippen molar-refractivity contribution >= 4 is 23.6 Å². The quantitative estimate of drug-likeness (QED) is 0.397. The lowest BCUT2D eigenvalue weighted by molar-refractivity contribution is -0.148. The lowest BCUT2D eigenvalue weighted by atomic mass is 9.86. The molecule has 1 aromatic heterocycles. The number of ether oxygens (including phenoxy) is 1. The van der Waals surface area contributed by atoms with E-state index < -0.39 is 11.7 Å². The van der Waals surface area contributed by atoms with Crippen LogP contribution in [-0.2, 0) is 20.7 Å². The molecule has 1 heterocycles. The van der Waals surface area contributed by atoms with Crippen molar-refractivity contribution in [3.8, 4) is 0 Å². The van der Waals surface area contributed by atoms with Crippen LogP contribution in [0, 0.1) is 19.8 Å². The summed E-state index contributed by atoms with van der Waals surface area (Å²) in [6.45, 7) is 5.22. The van der Waals surface area contributed by atoms with Gasteiger partial charge in [-0.3, -0.25) is 9.59 Å². The Kier molecular flexibility index (Phi) is 8.59. The molecule has 1 saturated carbocycles. The van der Waals surface area contributed by atoms with Gasteiger partial charge < -0.3 is 10.1 Å². The van der Waals surface area contributed by atoms with Gasteiger partial charge in [0.2, 0.25) is 0 Å². The van der Waals surface area contributed by atoms with E-state index in [1.807, 2.05) is 0 Å². The fraction of sp³-hybridized carbons (Fsp3) is 0.684. The molecule has 0 spiro atoms. The van der Waals surface area contributed by atoms with Crippen LogP contribution in [0.4, 0.5) is 8.78 Å². The summed E-state index contributed by atoms with van der Waals surface area (Å²) in [6.07, 6.45) is 4.74. The van der Waals surface area contributed by atoms with Crippen LogP contribution in [0.25, 0.3) is 0 Å². The number of hydrogen-bond donors (Lipinski definition) is 1. The van der Waals surface area contributed by atoms with E-state index in [9.17, 15) is 18.4 Å². The minimum Gasteiger partial charge on any atom is -0.456 e. The number of nitrogens with zero attached hydrogens (tertiary/aromatic N) is 2. The normalized spacial score (nSPS) is 19.5. The molecule has 28 heavy (non-hydrogen) atoms. The number of carbonyl (C=O) groups is 2. The number of hydrogen-bond acceptors (Lipinski definition) is 6. The number of halogens is 2. The van der Waals surface area contributed by atoms with Gasteiger partial charge in [0.15, 0.2) is 11.8 Å². The highest BCUT2D eigenvalue weighted by atomic mass is 32.2. The molecule has 1 aromatic rings. The van der Waals surface area contributed by atoms with E-state index in [0.717, 1.165) is 24.8 Å². The lowest BCUT2D eigenvalue weighted by Gasteiger charge is -2.29. The molecule has 0 aliphatic heterocycles. The number of esters is 1. The fourth-order valence-electron chi connectivity index (χ4n) is 3.43. The number of amides is 1. The second-order valence-electron chi connectivity index (χ2n) is 7.13. The van der Waals surface area contributed by atoms with Crippen LogP contribution >= 0.6 is 11.8 Å². The summed E-state index contributed by atoms with van der Waals surface area (Å²) in [5.74, 6) is -2.92. The number of aromatic nitrogens is 2. The van der Waals surface area contributed by atoms with Crippen LogP contribution in [-0.4, -0.2) is 40.3 Å². The molecule has 2 atom stereocenters. The molecule has 156 valence electrons. The van der Waals surface area contributed by atoms with Gasteiger partial charge in [-0.15, -0.1) is 0 Å². The van der Waals surface area contributed by atoms with Crippen LogP contribution in [0.5, 0.6) is 0 Å². The molecule has 2 rings (SSSR count). The molecule has 0 bridgehead atoms. The van der Waals surface area contributed by atoms with Gasteiger partial charge in [0.25, 0.3) is 11.7 Å². The Bertz CT molecular complexity index is 680. The number of carbonyl (C=O) groups excluding carboxylic acids is 2. The highest BCUT2D eigenvalue weighted by Gasteiger charge is 2.23. The zero-order valence-electron chi connectivity index (χ0n) is 16.5. The van der Waals surface area contributed by atoms with Crippen molar-refractivity contribution in [1.82, 2.24) is 15.3 Å². The standard InChI is InChI=1S/C19H27F2N3O3S/c1-11-6-4-5-7-15(11)24-16(25)10-27-17(26)9-8-14-12(2)22-19(23-13(14)3)28-18(20)21/h11,15,18H,4-10H2,1-3H3,(H,24,25)/t11-,15-/m1/s1. The van der Waals surface area contributed by atoms with E-state index in [-0.39, 0.29) is 30.1 Å². The number of rotatable bonds is 8. The molecule has 1 aliphatic carbocycles. The monoisotopic (exact) mass is 415 g/mol. The average Bonchev–Trinajstić information content (AvgIpc) is 2.60. The van der Waals surface area contributed by atoms with Crippen LogP contribution in [0.15, 0.2) is 5.16 Å². The maximum atomic E-state index is 12.4. The zero-order chi connectivity index (χ0) is 20.7. The maximum absolute atomic E-state index is 12.4. The molecule has 0 aromatic carbocycles. The first-order chi connectivity index (χ1) is 13.3. The molecule has 0 saturated heterocycles. The Hall–Kier alpha value is -1.77. The molecule has 6 nitrogen and oxygen atoms in total. The Morgan fingerprint density at radius 3 is 2.46 bits per heavy atom. The number of nitrogens with one attached hydrogen (secondary N) is 1. The molecule has 0 unspecified atom stereocenters. The molecule has 1 aliphatic rings. The fourth-order valence-corrected chi connectivity index (χ4v) is 3.97. The first-order valence-corrected chi connectivity index (χ1v) is 10.4. The van der Waals surface area contributed by atoms with E-state index in [1.165, 1.54) is 6.42 Å². The molecule has 1 amide bonds. The molecule has 9 heteroatoms. The van der Waals surface area contributed by atoms with Gasteiger partial charge in [-0.1, -0.05) is 19.8 Å². The van der Waals surface area contributed by atoms with Gasteiger partial charge in [-0.05, 0) is 56.4 Å². The Morgan fingerprint density at radius 1 is 1.21 bits per heavy atom. The zero-order valence-corrected chi connectivity index (χ0v) is 17.3. The Labute approximate surface area is 168 Å². The van der Waals surface area contributed by atoms with Gasteiger partial charge in [0, 0.05) is 23.9 Å². The van der Waals surface area contributed by atoms with E-state index in [1.54, 1.807) is 13.8 Å². The van der Waals surface area contributed by atoms with E-state index in [2.05, 4.69) is 22.2 Å². The van der Waals surface area contributed by atoms with Crippen molar-refractivity contribution in [2.75, 3.05) is 6.61 Å². The lowest BCUT2D eigenvalue weighted by Crippen LogP contribution is -2.42. The van der Waals surface area contributed by atoms with Crippen molar-refractivity contribution in [3.63, 3.8) is 0 Å². The van der Waals surface area contributed by atoms with Crippen LogP contribution in [0.2, 0.25) is 0 Å². The molecule has 1 fully saturated rings. The number of aryl methyl sites for hydroxylation is 2. The van der Waals surface area contributed by atoms with E-state index in [0.29, 0.717) is 35.5 Å². The van der Waals surface area contributed by atoms with Crippen molar-refractivity contribution in [2.24, 2.45) is 5.92 Å². The summed E-state index contributed by atoms with van der Waals surface area (Å²) >= 11 is 0.294. The summed E-state index contributed by atoms with van der Waals surface area (Å²) < 4.78 is 30.0. The molecule has 1 N–H and O–H groups in total. The third-order valence-corrected chi connectivity index (χ3v) is 5.57. The molecule has 0 radical (unpaired) electrons. The smallest absolute Gasteiger partial charge is 0.306 e. The van der Waals surface area contributed by atoms with E-state index >= 15 is 0 Å². The first kappa shape index (κ1) is 22.5. The average molecular weight is 416 g/mol. The predicted molar refractivity (Wildman–Crippen MR) is 102 cm³/mol. The van der Waals surface area contributed by atoms with Gasteiger partial charge in [0.05, 0.1) is 0 Å². The van der Waals surface area contributed by atoms with Gasteiger partial charge >= 0.3 is 5.97 Å². The molecular weight excluding hydrogens is 388 g/mol. The van der Waals surface area contributed by atoms with Crippen molar-refractivity contribution in [1.29, 1.82) is 0 Å². The van der Waals surface area contributed by atoms with Gasteiger partial charge in [-0.2, -0.15) is 8.78 Å². The van der Waals surface area contributed by atoms with E-state index in [4.69, 9.17) is 4.74 Å². The van der Waals surface area contributed by atoms with Gasteiger partial charge in [0.1, 0.15) is 0 Å². The SMILES string of the molecule is Cc1nc(SC(F)F)nc(C)c1CCC(=O)OCC(=O)N[C@@H]1CCCC[C@H]1C. The minimum absolute atomic E-state index is 0.0185. The van der Waals surface area contributed by atoms with Crippen LogP contribution < -0.4 is 5.32 Å². The van der Waals surface area contributed by atoms with Crippen molar-refractivity contribution in [3.05, 3.63) is 17.0 Å². The Balaban J connectivity index is 1.78. The summed E-state index contributed by atoms with van der Waals surface area (Å²) in [5, 5.41) is 2.96. The van der Waals surface area contributed by atoms with Crippen molar-refractivity contribution < 1.29 is 23.1 Å². The number of thioether (sulfide) groups is 1. The molecular formula is C19H27F2N3O3S. The second-order valence-corrected chi connectivity index (χ2v) is 8.09. The predicted octanol–water partition coefficient (Wildman–Crippen LogP) is 3.58. The summed E-state index contributed by atoms with van der Waals surface area (Å²) in [6, 6.07) is 0.145. The third kappa shape index (κ3) is 7.00. The van der Waals surface area contributed by atoms with Crippen LogP contribution in [0.1, 0.15) is 56.0 Å². The maximum Gasteiger partial charge on any atom is 0.306 e. The second kappa shape index (κ2) is 10.7. The van der Waals surface area contributed by atoms with Crippen LogP contribution in [0.3, 0.4) is 0 Å². The minimum atomic E-state index is -2.58. The van der Waals surface area contributed by atoms with Gasteiger partial charge in [-0.25, -0.2) is 9.97 Å². The highest BCUT2D eigenvalue weighted by molar-refractivity contribution is 7.99. The summed E-state index contributed by atoms with van der Waals surface area (Å²) in [5.41, 5.74) is 1.86. The summed E-state index contributed by atoms with van der Waals surface area (Å²) in [4.78, 5) is 32.1. The topological polar surface area (TPSA) is 81.2 Å². The highest BCUT2D eigenvalue weighted by Crippen LogP contribution is 2.25. The first-order valence-electron chi connectivity index (χ1n) is 9.50. The third-order valence-electron chi connectivity index (χ3n) is 5.00. The Morgan fingerprint density at radius 2 is 1.86 bits per heavy atom. The van der Waals surface area contributed by atoms with Crippen molar-refractivity contribution in [2.45, 2.75) is 76.3 Å². The summed E-state index contributed by atoms with van der Waals surface area (Å²) in [7, 11) is 0. The largest absolute Gasteiger partial charge is 0.456 e. The number of alkyl halides is 2.